The maximum Gasteiger partial charge on any atom is 0.323 e. The van der Waals surface area contributed by atoms with Gasteiger partial charge in [-0.25, -0.2) is 9.67 Å². The van der Waals surface area contributed by atoms with Crippen LogP contribution in [0.4, 0.5) is 16.0 Å². The Hall–Kier alpha value is -3.53. The van der Waals surface area contributed by atoms with E-state index in [-0.39, 0.29) is 23.0 Å². The third-order valence-corrected chi connectivity index (χ3v) is 7.19. The van der Waals surface area contributed by atoms with Gasteiger partial charge >= 0.3 is 6.01 Å². The Morgan fingerprint density at radius 2 is 2.08 bits per heavy atom. The van der Waals surface area contributed by atoms with Crippen molar-refractivity contribution in [2.24, 2.45) is 0 Å². The molecule has 0 amide bonds. The largest absolute Gasteiger partial charge is 0.430 e. The van der Waals surface area contributed by atoms with Gasteiger partial charge < -0.3 is 15.1 Å². The summed E-state index contributed by atoms with van der Waals surface area (Å²) in [5.74, 6) is 0.364. The summed E-state index contributed by atoms with van der Waals surface area (Å²) in [6, 6.07) is 6.53. The van der Waals surface area contributed by atoms with Crippen molar-refractivity contribution in [1.29, 1.82) is 0 Å². The summed E-state index contributed by atoms with van der Waals surface area (Å²) in [4.78, 5) is 26.9. The highest BCUT2D eigenvalue weighted by Gasteiger charge is 2.33. The number of rotatable bonds is 6. The minimum absolute atomic E-state index is 0.0455. The molecular formula is C26H30FN7O2. The summed E-state index contributed by atoms with van der Waals surface area (Å²) in [5, 5.41) is 7.15. The smallest absolute Gasteiger partial charge is 0.323 e. The predicted molar refractivity (Wildman–Crippen MR) is 135 cm³/mol. The number of aromatic nitrogens is 5. The van der Waals surface area contributed by atoms with Crippen molar-refractivity contribution >= 4 is 22.7 Å². The number of nitrogens with zero attached hydrogens (tertiary/aromatic N) is 5. The first-order valence-electron chi connectivity index (χ1n) is 12.3. The monoisotopic (exact) mass is 491 g/mol. The van der Waals surface area contributed by atoms with Gasteiger partial charge in [-0.2, -0.15) is 14.6 Å². The maximum absolute atomic E-state index is 13.6. The van der Waals surface area contributed by atoms with Crippen LogP contribution < -0.4 is 16.2 Å². The van der Waals surface area contributed by atoms with Crippen LogP contribution in [0.1, 0.15) is 63.4 Å². The second-order valence-electron chi connectivity index (χ2n) is 11.1. The summed E-state index contributed by atoms with van der Waals surface area (Å²) in [6.07, 6.45) is 4.77. The SMILES string of the molecule is CC(C)(CF)c1coc(-n2c3nc(Nc4ccc5c(c4)CNCC5(C)C)ncc3c(=O)n2C2CC2)n1. The molecule has 0 radical (unpaired) electrons. The predicted octanol–water partition coefficient (Wildman–Crippen LogP) is 4.28. The van der Waals surface area contributed by atoms with Crippen LogP contribution in [0.2, 0.25) is 0 Å². The summed E-state index contributed by atoms with van der Waals surface area (Å²) in [7, 11) is 0. The van der Waals surface area contributed by atoms with Crippen molar-refractivity contribution in [3.05, 3.63) is 57.8 Å². The number of oxazole rings is 1. The lowest BCUT2D eigenvalue weighted by atomic mass is 9.79. The van der Waals surface area contributed by atoms with E-state index in [1.54, 1.807) is 29.4 Å². The minimum Gasteiger partial charge on any atom is -0.430 e. The molecule has 4 aromatic rings. The quantitative estimate of drug-likeness (QED) is 0.415. The zero-order chi connectivity index (χ0) is 25.2. The van der Waals surface area contributed by atoms with Crippen LogP contribution in [0, 0.1) is 0 Å². The Labute approximate surface area is 207 Å². The molecule has 36 heavy (non-hydrogen) atoms. The number of hydrogen-bond donors (Lipinski definition) is 2. The van der Waals surface area contributed by atoms with Crippen LogP contribution >= 0.6 is 0 Å². The van der Waals surface area contributed by atoms with E-state index < -0.39 is 12.1 Å². The normalized spacial score (nSPS) is 17.4. The van der Waals surface area contributed by atoms with Gasteiger partial charge in [0.1, 0.15) is 18.3 Å². The van der Waals surface area contributed by atoms with Crippen molar-refractivity contribution in [2.45, 2.75) is 64.0 Å². The van der Waals surface area contributed by atoms with Crippen LogP contribution in [0.3, 0.4) is 0 Å². The summed E-state index contributed by atoms with van der Waals surface area (Å²) in [6.45, 7) is 9.15. The number of nitrogens with one attached hydrogen (secondary N) is 2. The van der Waals surface area contributed by atoms with E-state index in [1.807, 2.05) is 6.07 Å². The Morgan fingerprint density at radius 3 is 2.83 bits per heavy atom. The highest BCUT2D eigenvalue weighted by atomic mass is 19.1. The molecule has 0 atom stereocenters. The molecule has 1 aliphatic heterocycles. The van der Waals surface area contributed by atoms with Crippen LogP contribution in [0.25, 0.3) is 17.0 Å². The van der Waals surface area contributed by atoms with Crippen molar-refractivity contribution in [1.82, 2.24) is 29.6 Å². The van der Waals surface area contributed by atoms with Crippen LogP contribution in [0.15, 0.2) is 39.9 Å². The topological polar surface area (TPSA) is 103 Å². The van der Waals surface area contributed by atoms with Gasteiger partial charge in [0.25, 0.3) is 5.56 Å². The van der Waals surface area contributed by atoms with Crippen molar-refractivity contribution in [2.75, 3.05) is 18.5 Å². The second-order valence-corrected chi connectivity index (χ2v) is 11.1. The molecule has 0 saturated heterocycles. The summed E-state index contributed by atoms with van der Waals surface area (Å²) < 4.78 is 22.6. The molecule has 1 aliphatic carbocycles. The molecule has 3 aromatic heterocycles. The highest BCUT2D eigenvalue weighted by molar-refractivity contribution is 5.76. The molecule has 0 bridgehead atoms. The fourth-order valence-electron chi connectivity index (χ4n) is 4.85. The average molecular weight is 492 g/mol. The molecule has 188 valence electrons. The van der Waals surface area contributed by atoms with Crippen molar-refractivity contribution < 1.29 is 8.81 Å². The van der Waals surface area contributed by atoms with Crippen molar-refractivity contribution in [3.63, 3.8) is 0 Å². The number of alkyl halides is 1. The Kier molecular flexibility index (Phi) is 5.08. The molecule has 1 aromatic carbocycles. The third-order valence-electron chi connectivity index (χ3n) is 7.19. The lowest BCUT2D eigenvalue weighted by Gasteiger charge is -2.33. The standard InChI is InChI=1S/C26H30FN7O2/c1-25(2,13-27)20-12-36-24(31-20)34-21-18(22(35)33(34)17-6-7-17)11-29-23(32-21)30-16-5-8-19-15(9-16)10-28-14-26(19,3)4/h5,8-9,11-12,17,28H,6-7,10,13-14H2,1-4H3,(H,29,30,32). The molecule has 1 saturated carbocycles. The molecular weight excluding hydrogens is 461 g/mol. The maximum atomic E-state index is 13.6. The average Bonchev–Trinajstić information content (AvgIpc) is 3.48. The van der Waals surface area contributed by atoms with Gasteiger partial charge in [-0.3, -0.25) is 9.18 Å². The van der Waals surface area contributed by atoms with Gasteiger partial charge in [0.15, 0.2) is 5.65 Å². The Bertz CT molecular complexity index is 1530. The minimum atomic E-state index is -0.799. The van der Waals surface area contributed by atoms with E-state index in [4.69, 9.17) is 9.40 Å². The highest BCUT2D eigenvalue weighted by Crippen LogP contribution is 2.36. The van der Waals surface area contributed by atoms with E-state index in [1.165, 1.54) is 17.4 Å². The van der Waals surface area contributed by atoms with Gasteiger partial charge in [-0.1, -0.05) is 33.8 Å². The molecule has 1 fully saturated rings. The van der Waals surface area contributed by atoms with Crippen LogP contribution in [-0.4, -0.2) is 37.5 Å². The molecule has 0 unspecified atom stereocenters. The fourth-order valence-corrected chi connectivity index (χ4v) is 4.85. The van der Waals surface area contributed by atoms with Gasteiger partial charge in [0.2, 0.25) is 5.95 Å². The lowest BCUT2D eigenvalue weighted by Crippen LogP contribution is -2.38. The Balaban J connectivity index is 1.42. The van der Waals surface area contributed by atoms with Gasteiger partial charge in [0.05, 0.1) is 11.7 Å². The van der Waals surface area contributed by atoms with E-state index in [0.717, 1.165) is 31.6 Å². The van der Waals surface area contributed by atoms with E-state index >= 15 is 0 Å². The van der Waals surface area contributed by atoms with Gasteiger partial charge in [-0.05, 0) is 36.1 Å². The molecule has 0 spiro atoms. The number of halogens is 1. The van der Waals surface area contributed by atoms with Gasteiger partial charge in [0, 0.05) is 35.8 Å². The fraction of sp³-hybridized carbons (Fsp3) is 0.462. The van der Waals surface area contributed by atoms with E-state index in [0.29, 0.717) is 22.7 Å². The first-order chi connectivity index (χ1) is 17.2. The third kappa shape index (κ3) is 3.71. The zero-order valence-corrected chi connectivity index (χ0v) is 20.9. The van der Waals surface area contributed by atoms with Gasteiger partial charge in [-0.15, -0.1) is 0 Å². The van der Waals surface area contributed by atoms with Crippen LogP contribution in [0.5, 0.6) is 0 Å². The van der Waals surface area contributed by atoms with E-state index in [2.05, 4.69) is 46.6 Å². The number of anilines is 2. The number of hydrogen-bond acceptors (Lipinski definition) is 7. The molecule has 6 rings (SSSR count). The molecule has 2 N–H and O–H groups in total. The molecule has 2 aliphatic rings. The summed E-state index contributed by atoms with van der Waals surface area (Å²) in [5.41, 5.74) is 3.39. The lowest BCUT2D eigenvalue weighted by molar-refractivity contribution is 0.343. The van der Waals surface area contributed by atoms with Crippen LogP contribution in [-0.2, 0) is 17.4 Å². The first-order valence-corrected chi connectivity index (χ1v) is 12.3. The molecule has 4 heterocycles. The van der Waals surface area contributed by atoms with Crippen molar-refractivity contribution in [3.8, 4) is 6.01 Å². The van der Waals surface area contributed by atoms with E-state index in [9.17, 15) is 9.18 Å². The second kappa shape index (κ2) is 7.99. The number of fused-ring (bicyclic) bond motifs is 2. The summed E-state index contributed by atoms with van der Waals surface area (Å²) >= 11 is 0. The number of benzene rings is 1. The zero-order valence-electron chi connectivity index (χ0n) is 20.9. The Morgan fingerprint density at radius 1 is 1.28 bits per heavy atom. The molecule has 9 nitrogen and oxygen atoms in total. The molecule has 10 heteroatoms. The first kappa shape index (κ1) is 22.9.